The molecule has 0 aliphatic heterocycles. The number of nitrogens with zero attached hydrogens (tertiary/aromatic N) is 2. The Kier molecular flexibility index (Phi) is 9.81. The Balaban J connectivity index is 0.000000804. The van der Waals surface area contributed by atoms with E-state index in [1.165, 1.54) is 0 Å². The van der Waals surface area contributed by atoms with Crippen LogP contribution < -0.4 is 5.73 Å². The fraction of sp³-hybridized carbons (Fsp3) is 0.429. The highest BCUT2D eigenvalue weighted by atomic mass is 31.2. The first-order valence-electron chi connectivity index (χ1n) is 9.70. The van der Waals surface area contributed by atoms with Gasteiger partial charge in [-0.25, -0.2) is 4.57 Å². The van der Waals surface area contributed by atoms with Gasteiger partial charge in [0.2, 0.25) is 5.91 Å². The third-order valence-electron chi connectivity index (χ3n) is 4.86. The van der Waals surface area contributed by atoms with Crippen molar-refractivity contribution in [1.82, 2.24) is 9.88 Å². The molecule has 9 heteroatoms. The van der Waals surface area contributed by atoms with Gasteiger partial charge >= 0.3 is 7.82 Å². The molecule has 8 nitrogen and oxygen atoms in total. The largest absolute Gasteiger partial charge is 0.466 e. The van der Waals surface area contributed by atoms with E-state index >= 15 is 0 Å². The number of rotatable bonds is 8. The SMILES string of the molecule is CC(C)N(CC[C@@](C(N)=O)(c1ccccc1)c1ccccn1)C(C)C.O=P(O)(O)O. The normalized spacial score (nSPS) is 13.7. The minimum atomic E-state index is -4.64. The molecule has 2 aromatic rings. The van der Waals surface area contributed by atoms with E-state index in [1.54, 1.807) is 6.20 Å². The summed E-state index contributed by atoms with van der Waals surface area (Å²) in [4.78, 5) is 41.2. The van der Waals surface area contributed by atoms with Crippen molar-refractivity contribution in [1.29, 1.82) is 0 Å². The Labute approximate surface area is 178 Å². The topological polar surface area (TPSA) is 137 Å². The molecule has 0 unspecified atom stereocenters. The fourth-order valence-corrected chi connectivity index (χ4v) is 3.56. The third kappa shape index (κ3) is 7.63. The maximum atomic E-state index is 12.7. The molecule has 0 bridgehead atoms. The van der Waals surface area contributed by atoms with Crippen LogP contribution in [0.5, 0.6) is 0 Å². The predicted octanol–water partition coefficient (Wildman–Crippen LogP) is 2.43. The maximum Gasteiger partial charge on any atom is 0.466 e. The van der Waals surface area contributed by atoms with Crippen molar-refractivity contribution < 1.29 is 24.0 Å². The highest BCUT2D eigenvalue weighted by Crippen LogP contribution is 2.35. The van der Waals surface area contributed by atoms with E-state index < -0.39 is 13.2 Å². The summed E-state index contributed by atoms with van der Waals surface area (Å²) in [5, 5.41) is 0. The summed E-state index contributed by atoms with van der Waals surface area (Å²) in [5.74, 6) is -0.357. The first-order valence-corrected chi connectivity index (χ1v) is 11.3. The molecule has 0 fully saturated rings. The molecule has 0 radical (unpaired) electrons. The summed E-state index contributed by atoms with van der Waals surface area (Å²) in [6, 6.07) is 16.2. The van der Waals surface area contributed by atoms with Crippen LogP contribution in [0.4, 0.5) is 0 Å². The zero-order valence-corrected chi connectivity index (χ0v) is 18.7. The molecule has 1 atom stereocenters. The zero-order valence-electron chi connectivity index (χ0n) is 17.8. The van der Waals surface area contributed by atoms with Crippen LogP contribution in [0.25, 0.3) is 0 Å². The van der Waals surface area contributed by atoms with E-state index in [0.717, 1.165) is 12.1 Å². The second-order valence-electron chi connectivity index (χ2n) is 7.54. The summed E-state index contributed by atoms with van der Waals surface area (Å²) in [7, 11) is -4.64. The molecule has 5 N–H and O–H groups in total. The number of pyridine rings is 1. The molecule has 30 heavy (non-hydrogen) atoms. The first-order chi connectivity index (χ1) is 13.9. The second-order valence-corrected chi connectivity index (χ2v) is 8.57. The number of nitrogens with two attached hydrogens (primary N) is 1. The molecule has 2 rings (SSSR count). The van der Waals surface area contributed by atoms with Crippen LogP contribution in [0.1, 0.15) is 45.4 Å². The van der Waals surface area contributed by atoms with Crippen molar-refractivity contribution in [3.63, 3.8) is 0 Å². The molecule has 0 aliphatic rings. The van der Waals surface area contributed by atoms with Crippen LogP contribution in [0.15, 0.2) is 54.7 Å². The molecule has 0 saturated heterocycles. The predicted molar refractivity (Wildman–Crippen MR) is 117 cm³/mol. The van der Waals surface area contributed by atoms with Gasteiger partial charge in [0.05, 0.1) is 5.69 Å². The van der Waals surface area contributed by atoms with Gasteiger partial charge in [-0.2, -0.15) is 0 Å². The standard InChI is InChI=1S/C21H29N3O.H3O4P/c1-16(2)24(17(3)4)15-13-21(20(22)25,18-10-6-5-7-11-18)19-12-8-9-14-23-19;1-5(2,3)4/h5-12,14,16-17H,13,15H2,1-4H3,(H2,22,25);(H3,1,2,3,4)/t21-;/m1./s1. The Morgan fingerprint density at radius 3 is 1.93 bits per heavy atom. The van der Waals surface area contributed by atoms with E-state index in [9.17, 15) is 4.79 Å². The van der Waals surface area contributed by atoms with Gasteiger partial charge in [-0.05, 0) is 51.8 Å². The Morgan fingerprint density at radius 1 is 1.03 bits per heavy atom. The number of amides is 1. The molecule has 1 heterocycles. The van der Waals surface area contributed by atoms with Crippen LogP contribution in [-0.2, 0) is 14.8 Å². The minimum Gasteiger partial charge on any atom is -0.369 e. The van der Waals surface area contributed by atoms with Crippen LogP contribution in [0.3, 0.4) is 0 Å². The van der Waals surface area contributed by atoms with Crippen LogP contribution in [-0.4, -0.2) is 49.1 Å². The number of hydrogen-bond donors (Lipinski definition) is 4. The van der Waals surface area contributed by atoms with E-state index in [4.69, 9.17) is 25.0 Å². The molecular weight excluding hydrogens is 405 g/mol. The molecule has 1 aromatic carbocycles. The van der Waals surface area contributed by atoms with Crippen molar-refractivity contribution >= 4 is 13.7 Å². The van der Waals surface area contributed by atoms with Crippen LogP contribution >= 0.6 is 7.82 Å². The molecule has 166 valence electrons. The van der Waals surface area contributed by atoms with Gasteiger partial charge in [-0.15, -0.1) is 0 Å². The quantitative estimate of drug-likeness (QED) is 0.466. The van der Waals surface area contributed by atoms with E-state index in [0.29, 0.717) is 24.2 Å². The van der Waals surface area contributed by atoms with Crippen molar-refractivity contribution in [3.8, 4) is 0 Å². The third-order valence-corrected chi connectivity index (χ3v) is 4.86. The van der Waals surface area contributed by atoms with Crippen LogP contribution in [0, 0.1) is 0 Å². The number of hydrogen-bond acceptors (Lipinski definition) is 4. The molecule has 0 saturated carbocycles. The summed E-state index contributed by atoms with van der Waals surface area (Å²) in [5.41, 5.74) is 6.66. The van der Waals surface area contributed by atoms with Gasteiger partial charge in [-0.3, -0.25) is 14.7 Å². The van der Waals surface area contributed by atoms with Crippen molar-refractivity contribution in [2.45, 2.75) is 51.6 Å². The number of primary amides is 1. The second kappa shape index (κ2) is 11.3. The number of phosphoric acid groups is 1. The highest BCUT2D eigenvalue weighted by Gasteiger charge is 2.42. The summed E-state index contributed by atoms with van der Waals surface area (Å²) >= 11 is 0. The molecule has 0 aliphatic carbocycles. The summed E-state index contributed by atoms with van der Waals surface area (Å²) in [6.45, 7) is 9.47. The lowest BCUT2D eigenvalue weighted by molar-refractivity contribution is -0.122. The summed E-state index contributed by atoms with van der Waals surface area (Å²) < 4.78 is 8.88. The number of carbonyl (C=O) groups excluding carboxylic acids is 1. The lowest BCUT2D eigenvalue weighted by atomic mass is 9.73. The van der Waals surface area contributed by atoms with E-state index in [-0.39, 0.29) is 5.91 Å². The van der Waals surface area contributed by atoms with Gasteiger partial charge in [-0.1, -0.05) is 36.4 Å². The average molecular weight is 437 g/mol. The fourth-order valence-electron chi connectivity index (χ4n) is 3.56. The van der Waals surface area contributed by atoms with Gasteiger partial charge in [0.25, 0.3) is 0 Å². The molecule has 1 amide bonds. The minimum absolute atomic E-state index is 0.357. The van der Waals surface area contributed by atoms with Crippen LogP contribution in [0.2, 0.25) is 0 Å². The monoisotopic (exact) mass is 437 g/mol. The number of carbonyl (C=O) groups is 1. The maximum absolute atomic E-state index is 12.7. The molecular formula is C21H32N3O5P. The lowest BCUT2D eigenvalue weighted by Gasteiger charge is -2.36. The van der Waals surface area contributed by atoms with Crippen molar-refractivity contribution in [3.05, 3.63) is 66.0 Å². The number of aromatic nitrogens is 1. The van der Waals surface area contributed by atoms with Gasteiger partial charge in [0.15, 0.2) is 0 Å². The summed E-state index contributed by atoms with van der Waals surface area (Å²) in [6.07, 6.45) is 2.32. The van der Waals surface area contributed by atoms with E-state index in [2.05, 4.69) is 37.6 Å². The van der Waals surface area contributed by atoms with E-state index in [1.807, 2.05) is 48.5 Å². The molecule has 0 spiro atoms. The van der Waals surface area contributed by atoms with Gasteiger partial charge in [0, 0.05) is 24.8 Å². The molecule has 1 aromatic heterocycles. The van der Waals surface area contributed by atoms with Gasteiger partial charge in [0.1, 0.15) is 5.41 Å². The zero-order chi connectivity index (χ0) is 22.9. The Morgan fingerprint density at radius 2 is 1.53 bits per heavy atom. The lowest BCUT2D eigenvalue weighted by Crippen LogP contribution is -2.47. The van der Waals surface area contributed by atoms with Crippen molar-refractivity contribution in [2.75, 3.05) is 6.54 Å². The highest BCUT2D eigenvalue weighted by molar-refractivity contribution is 7.45. The van der Waals surface area contributed by atoms with Gasteiger partial charge < -0.3 is 20.4 Å². The Hall–Kier alpha value is -2.09. The number of benzene rings is 1. The van der Waals surface area contributed by atoms with Crippen molar-refractivity contribution in [2.24, 2.45) is 5.73 Å². The average Bonchev–Trinajstić information content (AvgIpc) is 2.64. The Bertz CT molecular complexity index is 769. The smallest absolute Gasteiger partial charge is 0.369 e. The first kappa shape index (κ1) is 25.9.